The molecule has 0 amide bonds. The number of benzene rings is 1. The number of hydrogen-bond acceptors (Lipinski definition) is 2. The number of rotatable bonds is 2. The summed E-state index contributed by atoms with van der Waals surface area (Å²) in [5.74, 6) is 0. The summed E-state index contributed by atoms with van der Waals surface area (Å²) in [6.07, 6.45) is 3.25. The molecule has 0 saturated heterocycles. The fraction of sp³-hybridized carbons (Fsp3) is 0.273. The topological polar surface area (TPSA) is 0 Å². The summed E-state index contributed by atoms with van der Waals surface area (Å²) in [6.45, 7) is 2.22. The van der Waals surface area contributed by atoms with Crippen molar-refractivity contribution in [1.29, 1.82) is 0 Å². The molecule has 0 N–H and O–H groups in total. The molecule has 0 nitrogen and oxygen atoms in total. The lowest BCUT2D eigenvalue weighted by Gasteiger charge is -2.05. The van der Waals surface area contributed by atoms with Crippen LogP contribution in [0.2, 0.25) is 0 Å². The van der Waals surface area contributed by atoms with Gasteiger partial charge in [0.2, 0.25) is 0 Å². The Balaban J connectivity index is 2.75. The molecule has 0 aliphatic heterocycles. The Kier molecular flexibility index (Phi) is 3.20. The summed E-state index contributed by atoms with van der Waals surface area (Å²) in [7, 11) is 0. The second-order valence-electron chi connectivity index (χ2n) is 3.06. The van der Waals surface area contributed by atoms with Crippen LogP contribution in [-0.2, 0) is 6.42 Å². The van der Waals surface area contributed by atoms with Gasteiger partial charge in [-0.2, -0.15) is 0 Å². The molecule has 2 aromatic rings. The fourth-order valence-electron chi connectivity index (χ4n) is 1.67. The number of halogens is 1. The normalized spacial score (nSPS) is 11.1. The van der Waals surface area contributed by atoms with Crippen molar-refractivity contribution in [2.24, 2.45) is 0 Å². The number of aryl methyl sites for hydroxylation is 1. The van der Waals surface area contributed by atoms with Crippen LogP contribution in [0.3, 0.4) is 0 Å². The van der Waals surface area contributed by atoms with E-state index in [9.17, 15) is 0 Å². The second-order valence-corrected chi connectivity index (χ2v) is 6.37. The lowest BCUT2D eigenvalue weighted by atomic mass is 10.1. The molecule has 0 radical (unpaired) electrons. The maximum Gasteiger partial charge on any atom is 0.0711 e. The van der Waals surface area contributed by atoms with E-state index in [4.69, 9.17) is 0 Å². The van der Waals surface area contributed by atoms with Crippen LogP contribution >= 0.6 is 39.0 Å². The average Bonchev–Trinajstić information content (AvgIpc) is 2.56. The van der Waals surface area contributed by atoms with Crippen LogP contribution < -0.4 is 0 Å². The predicted molar refractivity (Wildman–Crippen MR) is 70.7 cm³/mol. The Morgan fingerprint density at radius 2 is 2.21 bits per heavy atom. The first kappa shape index (κ1) is 10.5. The van der Waals surface area contributed by atoms with Crippen molar-refractivity contribution in [2.45, 2.75) is 18.2 Å². The maximum atomic E-state index is 3.55. The van der Waals surface area contributed by atoms with Crippen LogP contribution in [0.15, 0.2) is 26.9 Å². The lowest BCUT2D eigenvalue weighted by molar-refractivity contribution is 1.11. The molecular formula is C11H11BrS2. The quantitative estimate of drug-likeness (QED) is 0.704. The molecule has 2 rings (SSSR count). The molecule has 3 heteroatoms. The summed E-state index contributed by atoms with van der Waals surface area (Å²) in [5.41, 5.74) is 1.48. The summed E-state index contributed by atoms with van der Waals surface area (Å²) < 4.78 is 2.60. The molecule has 74 valence electrons. The molecule has 0 bridgehead atoms. The van der Waals surface area contributed by atoms with E-state index in [1.165, 1.54) is 24.3 Å². The molecule has 1 heterocycles. The van der Waals surface area contributed by atoms with Crippen LogP contribution in [0, 0.1) is 0 Å². The van der Waals surface area contributed by atoms with Crippen LogP contribution in [0.1, 0.15) is 12.5 Å². The van der Waals surface area contributed by atoms with Gasteiger partial charge in [-0.15, -0.1) is 23.1 Å². The summed E-state index contributed by atoms with van der Waals surface area (Å²) in [4.78, 5) is 1.41. The van der Waals surface area contributed by atoms with Gasteiger partial charge in [0.05, 0.1) is 3.79 Å². The summed E-state index contributed by atoms with van der Waals surface area (Å²) >= 11 is 7.19. The van der Waals surface area contributed by atoms with Crippen LogP contribution in [0.5, 0.6) is 0 Å². The number of hydrogen-bond donors (Lipinski definition) is 0. The van der Waals surface area contributed by atoms with E-state index in [1.807, 2.05) is 23.1 Å². The Labute approximate surface area is 101 Å². The Hall–Kier alpha value is 0.01000. The van der Waals surface area contributed by atoms with Gasteiger partial charge >= 0.3 is 0 Å². The van der Waals surface area contributed by atoms with Crippen molar-refractivity contribution in [3.05, 3.63) is 27.5 Å². The van der Waals surface area contributed by atoms with Gasteiger partial charge in [0.25, 0.3) is 0 Å². The minimum absolute atomic E-state index is 1.11. The fourth-order valence-corrected chi connectivity index (χ4v) is 3.95. The maximum absolute atomic E-state index is 3.55. The number of fused-ring (bicyclic) bond motifs is 1. The average molecular weight is 287 g/mol. The van der Waals surface area contributed by atoms with Crippen molar-refractivity contribution in [3.8, 4) is 0 Å². The van der Waals surface area contributed by atoms with Gasteiger partial charge in [-0.1, -0.05) is 6.92 Å². The SMILES string of the molecule is CCc1c(SC)ccc2sc(Br)cc12. The van der Waals surface area contributed by atoms with Gasteiger partial charge in [-0.3, -0.25) is 0 Å². The summed E-state index contributed by atoms with van der Waals surface area (Å²) in [5, 5.41) is 1.41. The first-order valence-electron chi connectivity index (χ1n) is 4.51. The van der Waals surface area contributed by atoms with Gasteiger partial charge in [0.1, 0.15) is 0 Å². The highest BCUT2D eigenvalue weighted by Gasteiger charge is 2.07. The number of thioether (sulfide) groups is 1. The third kappa shape index (κ3) is 1.73. The van der Waals surface area contributed by atoms with Crippen LogP contribution in [0.25, 0.3) is 10.1 Å². The Morgan fingerprint density at radius 3 is 2.86 bits per heavy atom. The molecule has 0 spiro atoms. The largest absolute Gasteiger partial charge is 0.129 e. The molecule has 1 aromatic carbocycles. The van der Waals surface area contributed by atoms with Crippen LogP contribution in [-0.4, -0.2) is 6.26 Å². The number of thiophene rings is 1. The van der Waals surface area contributed by atoms with Crippen LogP contribution in [0.4, 0.5) is 0 Å². The zero-order valence-electron chi connectivity index (χ0n) is 8.13. The van der Waals surface area contributed by atoms with E-state index in [0.29, 0.717) is 0 Å². The molecule has 0 aliphatic carbocycles. The van der Waals surface area contributed by atoms with Gasteiger partial charge in [0, 0.05) is 9.60 Å². The molecule has 14 heavy (non-hydrogen) atoms. The van der Waals surface area contributed by atoms with E-state index in [-0.39, 0.29) is 0 Å². The van der Waals surface area contributed by atoms with E-state index in [1.54, 1.807) is 0 Å². The molecule has 1 aromatic heterocycles. The lowest BCUT2D eigenvalue weighted by Crippen LogP contribution is -1.84. The van der Waals surface area contributed by atoms with E-state index < -0.39 is 0 Å². The Morgan fingerprint density at radius 1 is 1.43 bits per heavy atom. The zero-order valence-corrected chi connectivity index (χ0v) is 11.4. The smallest absolute Gasteiger partial charge is 0.0711 e. The van der Waals surface area contributed by atoms with Gasteiger partial charge in [-0.05, 0) is 57.8 Å². The van der Waals surface area contributed by atoms with Crippen molar-refractivity contribution in [1.82, 2.24) is 0 Å². The first-order chi connectivity index (χ1) is 6.76. The Bertz CT molecular complexity index is 460. The van der Waals surface area contributed by atoms with E-state index in [2.05, 4.69) is 47.3 Å². The molecule has 0 atom stereocenters. The third-order valence-corrected chi connectivity index (χ3v) is 4.74. The highest BCUT2D eigenvalue weighted by atomic mass is 79.9. The van der Waals surface area contributed by atoms with Crippen molar-refractivity contribution in [3.63, 3.8) is 0 Å². The predicted octanol–water partition coefficient (Wildman–Crippen LogP) is 4.95. The molecule has 0 unspecified atom stereocenters. The second kappa shape index (κ2) is 4.25. The summed E-state index contributed by atoms with van der Waals surface area (Å²) in [6, 6.07) is 6.68. The standard InChI is InChI=1S/C11H11BrS2/c1-3-7-8-6-11(12)14-10(8)5-4-9(7)13-2/h4-6H,3H2,1-2H3. The monoisotopic (exact) mass is 286 g/mol. The van der Waals surface area contributed by atoms with Crippen molar-refractivity contribution in [2.75, 3.05) is 6.26 Å². The molecule has 0 fully saturated rings. The minimum atomic E-state index is 1.11. The van der Waals surface area contributed by atoms with Crippen molar-refractivity contribution >= 4 is 49.1 Å². The van der Waals surface area contributed by atoms with Crippen molar-refractivity contribution < 1.29 is 0 Å². The highest BCUT2D eigenvalue weighted by molar-refractivity contribution is 9.11. The molecule has 0 saturated carbocycles. The van der Waals surface area contributed by atoms with Gasteiger partial charge < -0.3 is 0 Å². The first-order valence-corrected chi connectivity index (χ1v) is 7.34. The zero-order chi connectivity index (χ0) is 10.1. The van der Waals surface area contributed by atoms with Gasteiger partial charge in [-0.25, -0.2) is 0 Å². The molecular weight excluding hydrogens is 276 g/mol. The third-order valence-electron chi connectivity index (χ3n) is 2.31. The van der Waals surface area contributed by atoms with Gasteiger partial charge in [0.15, 0.2) is 0 Å². The molecule has 0 aliphatic rings. The van der Waals surface area contributed by atoms with E-state index in [0.717, 1.165) is 6.42 Å². The van der Waals surface area contributed by atoms with E-state index >= 15 is 0 Å². The minimum Gasteiger partial charge on any atom is -0.129 e. The highest BCUT2D eigenvalue weighted by Crippen LogP contribution is 2.36.